The highest BCUT2D eigenvalue weighted by Crippen LogP contribution is 2.21. The van der Waals surface area contributed by atoms with E-state index in [9.17, 15) is 17.4 Å². The third-order valence-electron chi connectivity index (χ3n) is 2.32. The monoisotopic (exact) mass is 308 g/mol. The maximum atomic E-state index is 11.9. The summed E-state index contributed by atoms with van der Waals surface area (Å²) in [5, 5.41) is 0. The third-order valence-corrected chi connectivity index (χ3v) is 5.73. The molecule has 4 nitrogen and oxygen atoms in total. The molecule has 0 bridgehead atoms. The lowest BCUT2D eigenvalue weighted by Gasteiger charge is -2.01. The Kier molecular flexibility index (Phi) is 5.24. The third kappa shape index (κ3) is 4.99. The Morgan fingerprint density at radius 1 is 1.39 bits per heavy atom. The zero-order valence-electron chi connectivity index (χ0n) is 10.6. The second kappa shape index (κ2) is 6.08. The molecule has 1 heterocycles. The van der Waals surface area contributed by atoms with Crippen molar-refractivity contribution in [1.29, 1.82) is 0 Å². The van der Waals surface area contributed by atoms with E-state index in [1.807, 2.05) is 13.8 Å². The van der Waals surface area contributed by atoms with Crippen molar-refractivity contribution in [2.75, 3.05) is 23.5 Å². The van der Waals surface area contributed by atoms with Crippen LogP contribution in [0.2, 0.25) is 0 Å². The van der Waals surface area contributed by atoms with Gasteiger partial charge in [-0.05, 0) is 19.9 Å². The van der Waals surface area contributed by atoms with E-state index < -0.39 is 20.6 Å². The largest absolute Gasteiger partial charge is 0.293 e. The maximum absolute atomic E-state index is 11.9. The topological polar surface area (TPSA) is 68.3 Å². The molecule has 0 spiro atoms. The van der Waals surface area contributed by atoms with Gasteiger partial charge in [-0.3, -0.25) is 9.00 Å². The van der Waals surface area contributed by atoms with E-state index in [2.05, 4.69) is 0 Å². The number of hydrogen-bond acceptors (Lipinski definition) is 5. The van der Waals surface area contributed by atoms with Crippen LogP contribution in [0.4, 0.5) is 0 Å². The lowest BCUT2D eigenvalue weighted by Crippen LogP contribution is -2.18. The van der Waals surface area contributed by atoms with Gasteiger partial charge in [0, 0.05) is 38.1 Å². The highest BCUT2D eigenvalue weighted by molar-refractivity contribution is 7.92. The fraction of sp³-hybridized carbons (Fsp3) is 0.545. The van der Waals surface area contributed by atoms with Gasteiger partial charge in [-0.1, -0.05) is 0 Å². The maximum Gasteiger partial charge on any atom is 0.176 e. The summed E-state index contributed by atoms with van der Waals surface area (Å²) < 4.78 is 33.5. The summed E-state index contributed by atoms with van der Waals surface area (Å²) >= 11 is 1.53. The first-order valence-electron chi connectivity index (χ1n) is 5.32. The van der Waals surface area contributed by atoms with Gasteiger partial charge in [-0.2, -0.15) is 0 Å². The number of thiophene rings is 1. The number of Topliss-reactive ketones (excluding diaryl/α,β-unsaturated/α-hetero) is 1. The standard InChI is InChI=1S/C11H16O4S3/c1-8-6-10(9(2)16-8)11(12)7-17(13)4-5-18(3,14)15/h6H,4-5,7H2,1-3H3. The van der Waals surface area contributed by atoms with Gasteiger partial charge in [0.1, 0.15) is 9.84 Å². The predicted molar refractivity (Wildman–Crippen MR) is 75.7 cm³/mol. The molecular formula is C11H16O4S3. The van der Waals surface area contributed by atoms with Gasteiger partial charge in [-0.15, -0.1) is 11.3 Å². The van der Waals surface area contributed by atoms with Crippen molar-refractivity contribution in [3.8, 4) is 0 Å². The molecular weight excluding hydrogens is 292 g/mol. The molecule has 1 aromatic heterocycles. The predicted octanol–water partition coefficient (Wildman–Crippen LogP) is 1.34. The summed E-state index contributed by atoms with van der Waals surface area (Å²) in [6.45, 7) is 3.76. The molecule has 18 heavy (non-hydrogen) atoms. The first-order chi connectivity index (χ1) is 8.19. The summed E-state index contributed by atoms with van der Waals surface area (Å²) in [5.41, 5.74) is 0.602. The van der Waals surface area contributed by atoms with Crippen LogP contribution in [0.15, 0.2) is 6.07 Å². The van der Waals surface area contributed by atoms with Crippen LogP contribution in [0, 0.1) is 13.8 Å². The SMILES string of the molecule is Cc1cc(C(=O)CS(=O)CCS(C)(=O)=O)c(C)s1. The van der Waals surface area contributed by atoms with Gasteiger partial charge in [-0.25, -0.2) is 8.42 Å². The van der Waals surface area contributed by atoms with E-state index in [0.717, 1.165) is 16.0 Å². The van der Waals surface area contributed by atoms with Crippen molar-refractivity contribution < 1.29 is 17.4 Å². The number of hydrogen-bond donors (Lipinski definition) is 0. The molecule has 102 valence electrons. The Bertz CT molecular complexity index is 569. The first kappa shape index (κ1) is 15.5. The highest BCUT2D eigenvalue weighted by Gasteiger charge is 2.16. The molecule has 0 aliphatic carbocycles. The number of rotatable bonds is 6. The van der Waals surface area contributed by atoms with Crippen molar-refractivity contribution in [3.63, 3.8) is 0 Å². The Morgan fingerprint density at radius 3 is 2.44 bits per heavy atom. The highest BCUT2D eigenvalue weighted by atomic mass is 32.2. The van der Waals surface area contributed by atoms with Crippen LogP contribution in [0.25, 0.3) is 0 Å². The minimum Gasteiger partial charge on any atom is -0.293 e. The van der Waals surface area contributed by atoms with Gasteiger partial charge < -0.3 is 0 Å². The Labute approximate surface area is 114 Å². The first-order valence-corrected chi connectivity index (χ1v) is 9.68. The van der Waals surface area contributed by atoms with E-state index in [1.54, 1.807) is 6.07 Å². The molecule has 0 aliphatic heterocycles. The fourth-order valence-corrected chi connectivity index (χ4v) is 4.94. The molecule has 0 amide bonds. The molecule has 0 aromatic carbocycles. The van der Waals surface area contributed by atoms with Crippen LogP contribution in [0.5, 0.6) is 0 Å². The van der Waals surface area contributed by atoms with Gasteiger partial charge in [0.05, 0.1) is 11.5 Å². The molecule has 7 heteroatoms. The van der Waals surface area contributed by atoms with Crippen LogP contribution < -0.4 is 0 Å². The molecule has 0 radical (unpaired) electrons. The molecule has 1 aromatic rings. The minimum absolute atomic E-state index is 0.0206. The van der Waals surface area contributed by atoms with Crippen molar-refractivity contribution in [2.24, 2.45) is 0 Å². The van der Waals surface area contributed by atoms with Crippen molar-refractivity contribution in [1.82, 2.24) is 0 Å². The van der Waals surface area contributed by atoms with E-state index in [1.165, 1.54) is 11.3 Å². The number of ketones is 1. The fourth-order valence-electron chi connectivity index (χ4n) is 1.45. The van der Waals surface area contributed by atoms with Gasteiger partial charge in [0.25, 0.3) is 0 Å². The molecule has 1 rings (SSSR count). The Hall–Kier alpha value is -0.530. The van der Waals surface area contributed by atoms with Crippen molar-refractivity contribution in [3.05, 3.63) is 21.4 Å². The van der Waals surface area contributed by atoms with E-state index >= 15 is 0 Å². The number of carbonyl (C=O) groups excluding carboxylic acids is 1. The van der Waals surface area contributed by atoms with E-state index in [-0.39, 0.29) is 23.0 Å². The average molecular weight is 308 g/mol. The van der Waals surface area contributed by atoms with Crippen LogP contribution in [0.3, 0.4) is 0 Å². The number of carbonyl (C=O) groups is 1. The molecule has 0 fully saturated rings. The normalized spacial score (nSPS) is 13.5. The quantitative estimate of drug-likeness (QED) is 0.744. The second-order valence-corrected chi connectivity index (χ2v) is 9.47. The lowest BCUT2D eigenvalue weighted by molar-refractivity contribution is 0.102. The van der Waals surface area contributed by atoms with Crippen LogP contribution in [-0.2, 0) is 20.6 Å². The second-order valence-electron chi connectivity index (χ2n) is 4.17. The smallest absolute Gasteiger partial charge is 0.176 e. The lowest BCUT2D eigenvalue weighted by atomic mass is 10.2. The summed E-state index contributed by atoms with van der Waals surface area (Å²) in [5.74, 6) is -0.406. The van der Waals surface area contributed by atoms with Crippen LogP contribution >= 0.6 is 11.3 Å². The van der Waals surface area contributed by atoms with Gasteiger partial charge in [0.2, 0.25) is 0 Å². The number of aryl methyl sites for hydroxylation is 2. The molecule has 1 atom stereocenters. The van der Waals surface area contributed by atoms with Gasteiger partial charge >= 0.3 is 0 Å². The molecule has 0 saturated heterocycles. The average Bonchev–Trinajstić information content (AvgIpc) is 2.54. The van der Waals surface area contributed by atoms with Crippen LogP contribution in [0.1, 0.15) is 20.1 Å². The molecule has 0 N–H and O–H groups in total. The Balaban J connectivity index is 2.60. The summed E-state index contributed by atoms with van der Waals surface area (Å²) in [6.07, 6.45) is 1.10. The van der Waals surface area contributed by atoms with E-state index in [4.69, 9.17) is 0 Å². The minimum atomic E-state index is -3.13. The molecule has 0 saturated carbocycles. The van der Waals surface area contributed by atoms with Crippen LogP contribution in [-0.4, -0.2) is 41.9 Å². The zero-order chi connectivity index (χ0) is 13.9. The summed E-state index contributed by atoms with van der Waals surface area (Å²) in [4.78, 5) is 13.8. The molecule has 1 unspecified atom stereocenters. The number of sulfone groups is 1. The zero-order valence-corrected chi connectivity index (χ0v) is 13.0. The Morgan fingerprint density at radius 2 is 2.00 bits per heavy atom. The molecule has 0 aliphatic rings. The summed E-state index contributed by atoms with van der Waals surface area (Å²) in [6, 6.07) is 1.79. The summed E-state index contributed by atoms with van der Waals surface area (Å²) in [7, 11) is -4.55. The van der Waals surface area contributed by atoms with Crippen molar-refractivity contribution >= 4 is 37.8 Å². The van der Waals surface area contributed by atoms with Crippen molar-refractivity contribution in [2.45, 2.75) is 13.8 Å². The van der Waals surface area contributed by atoms with Gasteiger partial charge in [0.15, 0.2) is 5.78 Å². The van der Waals surface area contributed by atoms with E-state index in [0.29, 0.717) is 5.56 Å².